The van der Waals surface area contributed by atoms with Gasteiger partial charge in [0.15, 0.2) is 0 Å². The van der Waals surface area contributed by atoms with Crippen molar-refractivity contribution in [3.8, 4) is 23.0 Å². The van der Waals surface area contributed by atoms with E-state index in [1.54, 1.807) is 24.3 Å². The molecule has 134 valence electrons. The van der Waals surface area contributed by atoms with Gasteiger partial charge in [0.25, 0.3) is 5.69 Å². The number of hydrogen-bond acceptors (Lipinski definition) is 4. The molecule has 0 spiro atoms. The molecule has 1 aliphatic rings. The topological polar surface area (TPSA) is 61.6 Å². The molecule has 27 heavy (non-hydrogen) atoms. The number of rotatable bonds is 3. The van der Waals surface area contributed by atoms with E-state index in [4.69, 9.17) is 32.7 Å². The van der Waals surface area contributed by atoms with Gasteiger partial charge >= 0.3 is 0 Å². The Morgan fingerprint density at radius 1 is 0.926 bits per heavy atom. The van der Waals surface area contributed by atoms with E-state index in [1.807, 2.05) is 24.3 Å². The molecule has 0 unspecified atom stereocenters. The summed E-state index contributed by atoms with van der Waals surface area (Å²) in [6, 6.07) is 14.9. The van der Waals surface area contributed by atoms with Crippen LogP contribution in [0.25, 0.3) is 12.2 Å². The largest absolute Gasteiger partial charge is 0.456 e. The number of benzene rings is 3. The molecule has 0 bridgehead atoms. The Morgan fingerprint density at radius 3 is 2.52 bits per heavy atom. The number of hydrogen-bond donors (Lipinski definition) is 0. The van der Waals surface area contributed by atoms with Gasteiger partial charge in [0, 0.05) is 10.6 Å². The lowest BCUT2D eigenvalue weighted by Gasteiger charge is -2.14. The molecule has 3 aromatic rings. The van der Waals surface area contributed by atoms with Gasteiger partial charge in [-0.25, -0.2) is 0 Å². The van der Waals surface area contributed by atoms with Crippen molar-refractivity contribution in [2.45, 2.75) is 0 Å². The minimum absolute atomic E-state index is 0.151. The average Bonchev–Trinajstić information content (AvgIpc) is 2.83. The third-order valence-corrected chi connectivity index (χ3v) is 4.51. The van der Waals surface area contributed by atoms with Gasteiger partial charge in [-0.3, -0.25) is 10.1 Å². The van der Waals surface area contributed by atoms with Crippen LogP contribution in [0.3, 0.4) is 0 Å². The van der Waals surface area contributed by atoms with E-state index in [1.165, 1.54) is 18.2 Å². The maximum Gasteiger partial charge on any atom is 0.276 e. The van der Waals surface area contributed by atoms with E-state index in [-0.39, 0.29) is 11.4 Å². The predicted molar refractivity (Wildman–Crippen MR) is 105 cm³/mol. The van der Waals surface area contributed by atoms with Gasteiger partial charge in [-0.2, -0.15) is 0 Å². The zero-order valence-electron chi connectivity index (χ0n) is 13.7. The molecule has 0 amide bonds. The van der Waals surface area contributed by atoms with Gasteiger partial charge in [0.05, 0.1) is 27.6 Å². The number of para-hydroxylation sites is 1. The Balaban J connectivity index is 1.85. The number of nitro benzene ring substituents is 1. The van der Waals surface area contributed by atoms with Gasteiger partial charge < -0.3 is 9.47 Å². The summed E-state index contributed by atoms with van der Waals surface area (Å²) in [4.78, 5) is 10.9. The summed E-state index contributed by atoms with van der Waals surface area (Å²) in [5.41, 5.74) is 1.27. The van der Waals surface area contributed by atoms with Crippen molar-refractivity contribution >= 4 is 41.0 Å². The lowest BCUT2D eigenvalue weighted by Crippen LogP contribution is -1.96. The Hall–Kier alpha value is -3.02. The highest BCUT2D eigenvalue weighted by Gasteiger charge is 2.21. The van der Waals surface area contributed by atoms with Gasteiger partial charge in [0.2, 0.25) is 0 Å². The minimum Gasteiger partial charge on any atom is -0.456 e. The molecule has 0 aromatic heterocycles. The average molecular weight is 400 g/mol. The Bertz CT molecular complexity index is 1100. The SMILES string of the molecule is O=[N+]([O-])c1cc(Oc2ccc(Cl)cc2Cl)c2c(c1)Oc1ccccc1C=C2. The van der Waals surface area contributed by atoms with Crippen molar-refractivity contribution in [3.63, 3.8) is 0 Å². The second-order valence-electron chi connectivity index (χ2n) is 5.76. The predicted octanol–water partition coefficient (Wildman–Crippen LogP) is 6.97. The smallest absolute Gasteiger partial charge is 0.276 e. The molecule has 0 atom stereocenters. The molecular weight excluding hydrogens is 389 g/mol. The van der Waals surface area contributed by atoms with E-state index in [0.717, 1.165) is 5.56 Å². The maximum atomic E-state index is 11.4. The first kappa shape index (κ1) is 17.4. The summed E-state index contributed by atoms with van der Waals surface area (Å²) in [7, 11) is 0. The Labute approximate surface area is 164 Å². The van der Waals surface area contributed by atoms with Gasteiger partial charge in [0.1, 0.15) is 23.0 Å². The quantitative estimate of drug-likeness (QED) is 0.275. The van der Waals surface area contributed by atoms with Crippen LogP contribution in [-0.2, 0) is 0 Å². The number of non-ortho nitro benzene ring substituents is 1. The first-order valence-electron chi connectivity index (χ1n) is 7.91. The highest BCUT2D eigenvalue weighted by molar-refractivity contribution is 6.35. The lowest BCUT2D eigenvalue weighted by atomic mass is 10.1. The van der Waals surface area contributed by atoms with Crippen LogP contribution in [-0.4, -0.2) is 4.92 Å². The molecule has 5 nitrogen and oxygen atoms in total. The second-order valence-corrected chi connectivity index (χ2v) is 6.61. The van der Waals surface area contributed by atoms with Crippen LogP contribution in [0, 0.1) is 10.1 Å². The first-order chi connectivity index (χ1) is 13.0. The molecule has 3 aromatic carbocycles. The summed E-state index contributed by atoms with van der Waals surface area (Å²) < 4.78 is 11.8. The number of ether oxygens (including phenoxy) is 2. The highest BCUT2D eigenvalue weighted by atomic mass is 35.5. The van der Waals surface area contributed by atoms with Crippen LogP contribution in [0.5, 0.6) is 23.0 Å². The maximum absolute atomic E-state index is 11.4. The van der Waals surface area contributed by atoms with E-state index >= 15 is 0 Å². The summed E-state index contributed by atoms with van der Waals surface area (Å²) in [6.45, 7) is 0. The van der Waals surface area contributed by atoms with E-state index < -0.39 is 4.92 Å². The Morgan fingerprint density at radius 2 is 1.74 bits per heavy atom. The molecule has 0 saturated heterocycles. The summed E-state index contributed by atoms with van der Waals surface area (Å²) in [5, 5.41) is 12.1. The van der Waals surface area contributed by atoms with Crippen LogP contribution >= 0.6 is 23.2 Å². The van der Waals surface area contributed by atoms with E-state index in [0.29, 0.717) is 32.9 Å². The van der Waals surface area contributed by atoms with Crippen LogP contribution in [0.2, 0.25) is 10.0 Å². The van der Waals surface area contributed by atoms with Crippen molar-refractivity contribution < 1.29 is 14.4 Å². The van der Waals surface area contributed by atoms with Crippen LogP contribution in [0.1, 0.15) is 11.1 Å². The third-order valence-electron chi connectivity index (χ3n) is 3.98. The molecule has 0 saturated carbocycles. The first-order valence-corrected chi connectivity index (χ1v) is 8.67. The fraction of sp³-hybridized carbons (Fsp3) is 0. The summed E-state index contributed by atoms with van der Waals surface area (Å²) in [5.74, 6) is 1.51. The van der Waals surface area contributed by atoms with Crippen LogP contribution in [0.4, 0.5) is 5.69 Å². The zero-order chi connectivity index (χ0) is 19.0. The van der Waals surface area contributed by atoms with Gasteiger partial charge in [-0.05, 0) is 30.3 Å². The standard InChI is InChI=1S/C20H11Cl2NO4/c21-13-6-8-18(16(22)9-13)27-20-11-14(23(24)25)10-19-15(20)7-5-12-3-1-2-4-17(12)26-19/h1-11H. The highest BCUT2D eigenvalue weighted by Crippen LogP contribution is 2.43. The second kappa shape index (κ2) is 6.95. The lowest BCUT2D eigenvalue weighted by molar-refractivity contribution is -0.385. The number of nitro groups is 1. The minimum atomic E-state index is -0.500. The zero-order valence-corrected chi connectivity index (χ0v) is 15.2. The number of nitrogens with zero attached hydrogens (tertiary/aromatic N) is 1. The molecule has 1 aliphatic heterocycles. The van der Waals surface area contributed by atoms with Crippen molar-refractivity contribution in [1.29, 1.82) is 0 Å². The van der Waals surface area contributed by atoms with Crippen molar-refractivity contribution in [3.05, 3.63) is 85.9 Å². The molecular formula is C20H11Cl2NO4. The fourth-order valence-electron chi connectivity index (χ4n) is 2.70. The molecule has 0 N–H and O–H groups in total. The molecule has 1 heterocycles. The van der Waals surface area contributed by atoms with Crippen molar-refractivity contribution in [2.75, 3.05) is 0 Å². The molecule has 4 rings (SSSR count). The van der Waals surface area contributed by atoms with Crippen LogP contribution in [0.15, 0.2) is 54.6 Å². The molecule has 7 heteroatoms. The van der Waals surface area contributed by atoms with Crippen LogP contribution < -0.4 is 9.47 Å². The number of fused-ring (bicyclic) bond motifs is 2. The monoisotopic (exact) mass is 399 g/mol. The summed E-state index contributed by atoms with van der Waals surface area (Å²) >= 11 is 12.1. The molecule has 0 radical (unpaired) electrons. The van der Waals surface area contributed by atoms with E-state index in [9.17, 15) is 10.1 Å². The number of halogens is 2. The Kier molecular flexibility index (Phi) is 4.48. The van der Waals surface area contributed by atoms with Gasteiger partial charge in [-0.15, -0.1) is 0 Å². The molecule has 0 fully saturated rings. The van der Waals surface area contributed by atoms with E-state index in [2.05, 4.69) is 0 Å². The fourth-order valence-corrected chi connectivity index (χ4v) is 3.15. The molecule has 0 aliphatic carbocycles. The van der Waals surface area contributed by atoms with Gasteiger partial charge in [-0.1, -0.05) is 47.5 Å². The van der Waals surface area contributed by atoms with Crippen molar-refractivity contribution in [1.82, 2.24) is 0 Å². The normalized spacial score (nSPS) is 11.8. The summed E-state index contributed by atoms with van der Waals surface area (Å²) in [6.07, 6.45) is 3.66. The van der Waals surface area contributed by atoms with Crippen molar-refractivity contribution in [2.24, 2.45) is 0 Å². The third kappa shape index (κ3) is 3.47.